The Kier molecular flexibility index (Phi) is 13.6. The number of aromatic nitrogens is 1. The molecule has 0 amide bonds. The van der Waals surface area contributed by atoms with Crippen molar-refractivity contribution in [1.82, 2.24) is 14.8 Å². The van der Waals surface area contributed by atoms with Gasteiger partial charge in [0, 0.05) is 43.0 Å². The first kappa shape index (κ1) is 30.2. The molecule has 0 N–H and O–H groups in total. The summed E-state index contributed by atoms with van der Waals surface area (Å²) in [4.78, 5) is 9.30. The molecule has 1 aliphatic heterocycles. The molecule has 2 aromatic rings. The summed E-state index contributed by atoms with van der Waals surface area (Å²) in [5.41, 5.74) is 5.36. The molecule has 4 nitrogen and oxygen atoms in total. The Labute approximate surface area is 231 Å². The van der Waals surface area contributed by atoms with Crippen LogP contribution < -0.4 is 29.6 Å². The van der Waals surface area contributed by atoms with Crippen molar-refractivity contribution in [2.75, 3.05) is 39.9 Å². The van der Waals surface area contributed by atoms with Crippen LogP contribution in [0.1, 0.15) is 37.9 Å². The fraction of sp³-hybridized carbons (Fsp3) is 0.370. The molecule has 178 valence electrons. The molecule has 0 bridgehead atoms. The standard InChI is InChI=1S/C25H29ClFN4.C2H6.Na/c1-5-20(17-28-4)24-16-23(26)22-9-8-21(15-25(22)29-24)19(3)31-13-11-30(12-14-31)18(2)7-6-10-27;1-2;/h5,8-9,15-17H,1-3,6-7,10-14H2,4H3;1-2H3;/q-1;;+1/b20-17+;;. The minimum Gasteiger partial charge on any atom is -0.693 e. The van der Waals surface area contributed by atoms with Gasteiger partial charge in [-0.05, 0) is 36.1 Å². The van der Waals surface area contributed by atoms with E-state index in [0.29, 0.717) is 17.9 Å². The van der Waals surface area contributed by atoms with Gasteiger partial charge < -0.3 is 15.1 Å². The summed E-state index contributed by atoms with van der Waals surface area (Å²) in [5.74, 6) is 0. The van der Waals surface area contributed by atoms with Crippen molar-refractivity contribution < 1.29 is 33.9 Å². The molecular formula is C27H35ClFN4Na. The van der Waals surface area contributed by atoms with E-state index in [9.17, 15) is 4.39 Å². The maximum absolute atomic E-state index is 12.4. The van der Waals surface area contributed by atoms with Crippen LogP contribution in [0, 0.1) is 0 Å². The molecule has 34 heavy (non-hydrogen) atoms. The molecule has 0 spiro atoms. The van der Waals surface area contributed by atoms with Crippen LogP contribution in [0.25, 0.3) is 27.5 Å². The van der Waals surface area contributed by atoms with Gasteiger partial charge >= 0.3 is 29.6 Å². The van der Waals surface area contributed by atoms with E-state index in [4.69, 9.17) is 16.6 Å². The maximum atomic E-state index is 12.4. The van der Waals surface area contributed by atoms with Gasteiger partial charge in [-0.15, -0.1) is 7.05 Å². The quantitative estimate of drug-likeness (QED) is 0.386. The third-order valence-electron chi connectivity index (χ3n) is 5.58. The van der Waals surface area contributed by atoms with Crippen LogP contribution in [0.3, 0.4) is 0 Å². The second kappa shape index (κ2) is 15.3. The number of nitrogens with zero attached hydrogens (tertiary/aromatic N) is 4. The second-order valence-electron chi connectivity index (χ2n) is 7.55. The first-order valence-electron chi connectivity index (χ1n) is 11.4. The van der Waals surface area contributed by atoms with Crippen molar-refractivity contribution >= 4 is 33.8 Å². The summed E-state index contributed by atoms with van der Waals surface area (Å²) in [6.45, 7) is 19.4. The second-order valence-corrected chi connectivity index (χ2v) is 7.95. The molecule has 0 saturated carbocycles. The van der Waals surface area contributed by atoms with Gasteiger partial charge in [-0.2, -0.15) is 6.20 Å². The van der Waals surface area contributed by atoms with E-state index in [1.165, 1.54) is 0 Å². The van der Waals surface area contributed by atoms with E-state index in [0.717, 1.165) is 65.3 Å². The molecule has 1 aliphatic rings. The van der Waals surface area contributed by atoms with E-state index in [2.05, 4.69) is 34.9 Å². The number of piperazine rings is 1. The fourth-order valence-corrected chi connectivity index (χ4v) is 4.04. The monoisotopic (exact) mass is 492 g/mol. The average Bonchev–Trinajstić information content (AvgIpc) is 2.86. The minimum absolute atomic E-state index is 0. The Bertz CT molecular complexity index is 1010. The number of allylic oxidation sites excluding steroid dienone is 3. The average molecular weight is 493 g/mol. The Balaban J connectivity index is 0.00000188. The molecule has 1 aromatic carbocycles. The molecule has 1 aromatic heterocycles. The van der Waals surface area contributed by atoms with Crippen molar-refractivity contribution in [3.8, 4) is 0 Å². The van der Waals surface area contributed by atoms with E-state index >= 15 is 0 Å². The SMILES string of the molecule is C=C/C(=C\[N-]C)c1cc(Cl)c2ccc(C(=C)N3CCN(C(=C)CCCF)CC3)cc2n1.CC.[Na+]. The van der Waals surface area contributed by atoms with Gasteiger partial charge in [0.15, 0.2) is 0 Å². The third-order valence-corrected chi connectivity index (χ3v) is 5.90. The zero-order valence-electron chi connectivity index (χ0n) is 21.1. The summed E-state index contributed by atoms with van der Waals surface area (Å²) in [7, 11) is 1.71. The number of halogens is 2. The Hall–Kier alpha value is -1.79. The molecule has 0 aliphatic carbocycles. The molecule has 3 rings (SSSR count). The molecule has 2 heterocycles. The number of benzene rings is 1. The van der Waals surface area contributed by atoms with Crippen LogP contribution in [0.4, 0.5) is 4.39 Å². The Morgan fingerprint density at radius 3 is 2.38 bits per heavy atom. The predicted octanol–water partition coefficient (Wildman–Crippen LogP) is 4.30. The van der Waals surface area contributed by atoms with Crippen LogP contribution in [-0.2, 0) is 0 Å². The Morgan fingerprint density at radius 2 is 1.79 bits per heavy atom. The van der Waals surface area contributed by atoms with Crippen LogP contribution in [0.15, 0.2) is 62.0 Å². The molecule has 0 atom stereocenters. The smallest absolute Gasteiger partial charge is 0.693 e. The van der Waals surface area contributed by atoms with Crippen LogP contribution in [-0.4, -0.2) is 54.7 Å². The third kappa shape index (κ3) is 7.61. The maximum Gasteiger partial charge on any atom is 1.00 e. The van der Waals surface area contributed by atoms with Crippen molar-refractivity contribution in [1.29, 1.82) is 0 Å². The largest absolute Gasteiger partial charge is 1.00 e. The summed E-state index contributed by atoms with van der Waals surface area (Å²) in [6, 6.07) is 7.90. The summed E-state index contributed by atoms with van der Waals surface area (Å²) >= 11 is 6.52. The van der Waals surface area contributed by atoms with E-state index in [-0.39, 0.29) is 36.2 Å². The number of pyridine rings is 1. The normalized spacial score (nSPS) is 13.5. The van der Waals surface area contributed by atoms with Gasteiger partial charge in [0.2, 0.25) is 0 Å². The molecule has 0 unspecified atom stereocenters. The summed E-state index contributed by atoms with van der Waals surface area (Å²) < 4.78 is 12.4. The van der Waals surface area contributed by atoms with Gasteiger partial charge in [0.1, 0.15) is 0 Å². The van der Waals surface area contributed by atoms with Crippen molar-refractivity contribution in [2.45, 2.75) is 26.7 Å². The van der Waals surface area contributed by atoms with E-state index < -0.39 is 0 Å². The van der Waals surface area contributed by atoms with Gasteiger partial charge in [0.25, 0.3) is 0 Å². The van der Waals surface area contributed by atoms with E-state index in [1.807, 2.05) is 38.1 Å². The zero-order chi connectivity index (χ0) is 24.4. The van der Waals surface area contributed by atoms with Crippen LogP contribution in [0.2, 0.25) is 5.02 Å². The number of fused-ring (bicyclic) bond motifs is 1. The van der Waals surface area contributed by atoms with Crippen molar-refractivity contribution in [3.63, 3.8) is 0 Å². The predicted molar refractivity (Wildman–Crippen MR) is 142 cm³/mol. The van der Waals surface area contributed by atoms with E-state index in [1.54, 1.807) is 19.3 Å². The molecule has 1 saturated heterocycles. The van der Waals surface area contributed by atoms with Gasteiger partial charge in [-0.1, -0.05) is 63.4 Å². The number of alkyl halides is 1. The zero-order valence-corrected chi connectivity index (χ0v) is 23.8. The van der Waals surface area contributed by atoms with Gasteiger partial charge in [-0.25, -0.2) is 4.98 Å². The summed E-state index contributed by atoms with van der Waals surface area (Å²) in [6.07, 6.45) is 4.70. The topological polar surface area (TPSA) is 33.5 Å². The van der Waals surface area contributed by atoms with Crippen LogP contribution >= 0.6 is 11.6 Å². The number of hydrogen-bond acceptors (Lipinski definition) is 3. The molecule has 1 fully saturated rings. The number of rotatable bonds is 9. The minimum atomic E-state index is -0.297. The first-order valence-corrected chi connectivity index (χ1v) is 11.8. The molecule has 7 heteroatoms. The fourth-order valence-electron chi connectivity index (χ4n) is 3.78. The molecule has 0 radical (unpaired) electrons. The van der Waals surface area contributed by atoms with Crippen molar-refractivity contribution in [3.05, 3.63) is 83.6 Å². The van der Waals surface area contributed by atoms with Crippen molar-refractivity contribution in [2.24, 2.45) is 0 Å². The summed E-state index contributed by atoms with van der Waals surface area (Å²) in [5, 5.41) is 5.61. The van der Waals surface area contributed by atoms with Crippen LogP contribution in [0.5, 0.6) is 0 Å². The Morgan fingerprint density at radius 1 is 1.15 bits per heavy atom. The first-order chi connectivity index (χ1) is 16.0. The van der Waals surface area contributed by atoms with Gasteiger partial charge in [-0.3, -0.25) is 4.39 Å². The number of hydrogen-bond donors (Lipinski definition) is 0. The van der Waals surface area contributed by atoms with Gasteiger partial charge in [0.05, 0.1) is 22.9 Å². The molecular weight excluding hydrogens is 458 g/mol.